The quantitative estimate of drug-likeness (QED) is 0.274. The molecule has 0 aromatic heterocycles. The first-order valence-corrected chi connectivity index (χ1v) is 4.26. The van der Waals surface area contributed by atoms with Crippen LogP contribution in [0.4, 0.5) is 0 Å². The first kappa shape index (κ1) is 17.8. The number of carboxylic acids is 2. The second-order valence-electron chi connectivity index (χ2n) is 2.66. The molecule has 0 aliphatic rings. The molecule has 86 valence electrons. The molecular weight excluding hydrogens is 231 g/mol. The summed E-state index contributed by atoms with van der Waals surface area (Å²) in [6, 6.07) is 0. The van der Waals surface area contributed by atoms with Crippen LogP contribution in [-0.2, 0) is 24.2 Å². The van der Waals surface area contributed by atoms with Gasteiger partial charge in [0, 0.05) is 5.97 Å². The summed E-state index contributed by atoms with van der Waals surface area (Å²) in [5.41, 5.74) is 0. The van der Waals surface area contributed by atoms with Crippen molar-refractivity contribution in [2.45, 2.75) is 32.3 Å². The molecule has 0 heterocycles. The molecule has 0 amide bonds. The summed E-state index contributed by atoms with van der Waals surface area (Å²) in [5, 5.41) is 18.4. The molecule has 0 aromatic rings. The van der Waals surface area contributed by atoms with Crippen LogP contribution in [0.2, 0.25) is 0 Å². The van der Waals surface area contributed by atoms with Gasteiger partial charge in [0.05, 0.1) is 6.42 Å². The zero-order valence-corrected chi connectivity index (χ0v) is 11.1. The Morgan fingerprint density at radius 2 is 1.88 bits per heavy atom. The van der Waals surface area contributed by atoms with Crippen molar-refractivity contribution in [2.24, 2.45) is 0 Å². The smallest absolute Gasteiger partial charge is 0.550 e. The summed E-state index contributed by atoms with van der Waals surface area (Å²) in [4.78, 5) is 39.5. The van der Waals surface area contributed by atoms with Crippen molar-refractivity contribution in [1.82, 2.24) is 0 Å². The number of hydrogen-bond donors (Lipinski definition) is 1. The number of aliphatic carboxylic acids is 2. The van der Waals surface area contributed by atoms with Gasteiger partial charge in [0.1, 0.15) is 0 Å². The predicted molar refractivity (Wildman–Crippen MR) is 43.1 cm³/mol. The third-order valence-electron chi connectivity index (χ3n) is 1.44. The van der Waals surface area contributed by atoms with E-state index in [1.165, 1.54) is 6.92 Å². The third-order valence-corrected chi connectivity index (χ3v) is 1.44. The molecule has 1 unspecified atom stereocenters. The maximum Gasteiger partial charge on any atom is 1.00 e. The molecule has 0 radical (unpaired) electrons. The van der Waals surface area contributed by atoms with Gasteiger partial charge in [-0.2, -0.15) is 4.89 Å². The predicted octanol–water partition coefficient (Wildman–Crippen LogP) is -4.14. The largest absolute Gasteiger partial charge is 1.00 e. The van der Waals surface area contributed by atoms with Gasteiger partial charge in [-0.1, -0.05) is 6.92 Å². The molecule has 0 fully saturated rings. The molecule has 0 aromatic carbocycles. The van der Waals surface area contributed by atoms with E-state index in [-0.39, 0.29) is 36.0 Å². The van der Waals surface area contributed by atoms with E-state index < -0.39 is 36.9 Å². The average molecular weight is 242 g/mol. The first-order valence-electron chi connectivity index (χ1n) is 4.26. The van der Waals surface area contributed by atoms with Gasteiger partial charge in [-0.05, 0) is 12.8 Å². The molecule has 7 nitrogen and oxygen atoms in total. The Balaban J connectivity index is 0. The van der Waals surface area contributed by atoms with Crippen LogP contribution in [0.3, 0.4) is 0 Å². The fourth-order valence-corrected chi connectivity index (χ4v) is 0.641. The zero-order valence-electron chi connectivity index (χ0n) is 9.10. The van der Waals surface area contributed by atoms with Gasteiger partial charge in [-0.3, -0.25) is 4.89 Å². The summed E-state index contributed by atoms with van der Waals surface area (Å²) in [7, 11) is 0. The van der Waals surface area contributed by atoms with Crippen molar-refractivity contribution < 1.29 is 63.9 Å². The topological polar surface area (TPSA) is 113 Å². The Hall–Kier alpha value is -0.630. The molecule has 0 saturated heterocycles. The van der Waals surface area contributed by atoms with E-state index in [0.717, 1.165) is 0 Å². The molecule has 0 spiro atoms. The van der Waals surface area contributed by atoms with E-state index in [2.05, 4.69) is 9.78 Å². The minimum atomic E-state index is -1.39. The van der Waals surface area contributed by atoms with Gasteiger partial charge in [0.25, 0.3) is 0 Å². The summed E-state index contributed by atoms with van der Waals surface area (Å²) < 4.78 is 0. The van der Waals surface area contributed by atoms with E-state index in [1.54, 1.807) is 0 Å². The maximum atomic E-state index is 10.8. The molecule has 0 aliphatic carbocycles. The number of hydrogen-bond acceptors (Lipinski definition) is 6. The van der Waals surface area contributed by atoms with Crippen LogP contribution in [0.15, 0.2) is 0 Å². The van der Waals surface area contributed by atoms with Crippen molar-refractivity contribution in [3.8, 4) is 0 Å². The molecule has 0 rings (SSSR count). The Bertz CT molecular complexity index is 253. The normalized spacial score (nSPS) is 11.1. The van der Waals surface area contributed by atoms with Crippen LogP contribution < -0.4 is 34.7 Å². The maximum absolute atomic E-state index is 10.8. The number of carbonyl (C=O) groups is 3. The SMILES string of the molecule is CCC(OOC(=O)CCC(=O)[O-])C(=O)O.[Na+]. The summed E-state index contributed by atoms with van der Waals surface area (Å²) in [6.45, 7) is 1.54. The summed E-state index contributed by atoms with van der Waals surface area (Å²) in [5.74, 6) is -3.60. The molecule has 16 heavy (non-hydrogen) atoms. The van der Waals surface area contributed by atoms with Crippen molar-refractivity contribution >= 4 is 17.9 Å². The Labute approximate surface area is 114 Å². The molecule has 0 saturated carbocycles. The van der Waals surface area contributed by atoms with Crippen LogP contribution in [0.1, 0.15) is 26.2 Å². The van der Waals surface area contributed by atoms with Crippen molar-refractivity contribution in [3.05, 3.63) is 0 Å². The van der Waals surface area contributed by atoms with Crippen LogP contribution in [0.5, 0.6) is 0 Å². The summed E-state index contributed by atoms with van der Waals surface area (Å²) >= 11 is 0. The Morgan fingerprint density at radius 1 is 1.31 bits per heavy atom. The molecular formula is C8H11NaO7. The monoisotopic (exact) mass is 242 g/mol. The van der Waals surface area contributed by atoms with Gasteiger partial charge in [-0.25, -0.2) is 9.59 Å². The fraction of sp³-hybridized carbons (Fsp3) is 0.625. The Morgan fingerprint density at radius 3 is 2.25 bits per heavy atom. The van der Waals surface area contributed by atoms with Crippen LogP contribution >= 0.6 is 0 Å². The Kier molecular flexibility index (Phi) is 10.6. The molecule has 0 aliphatic heterocycles. The fourth-order valence-electron chi connectivity index (χ4n) is 0.641. The standard InChI is InChI=1S/C8H12O7.Na/c1-2-5(8(12)13)14-15-7(11)4-3-6(9)10;/h5H,2-4H2,1H3,(H,9,10)(H,12,13);/q;+1/p-1. The molecule has 0 bridgehead atoms. The number of carboxylic acid groups (broad SMARTS) is 2. The molecule has 1 atom stereocenters. The second kappa shape index (κ2) is 9.59. The van der Waals surface area contributed by atoms with Gasteiger partial charge in [0.2, 0.25) is 6.10 Å². The van der Waals surface area contributed by atoms with E-state index in [1.807, 2.05) is 0 Å². The van der Waals surface area contributed by atoms with Crippen LogP contribution in [0, 0.1) is 0 Å². The molecule has 8 heteroatoms. The van der Waals surface area contributed by atoms with Gasteiger partial charge < -0.3 is 15.0 Å². The number of rotatable bonds is 7. The van der Waals surface area contributed by atoms with Gasteiger partial charge in [0.15, 0.2) is 0 Å². The van der Waals surface area contributed by atoms with Crippen LogP contribution in [0.25, 0.3) is 0 Å². The minimum Gasteiger partial charge on any atom is -0.550 e. The number of carbonyl (C=O) groups excluding carboxylic acids is 2. The van der Waals surface area contributed by atoms with Crippen molar-refractivity contribution in [2.75, 3.05) is 0 Å². The van der Waals surface area contributed by atoms with Gasteiger partial charge in [-0.15, -0.1) is 0 Å². The van der Waals surface area contributed by atoms with E-state index in [9.17, 15) is 19.5 Å². The zero-order chi connectivity index (χ0) is 11.8. The summed E-state index contributed by atoms with van der Waals surface area (Å²) in [6.07, 6.45) is -2.02. The van der Waals surface area contributed by atoms with Crippen LogP contribution in [-0.4, -0.2) is 29.1 Å². The minimum absolute atomic E-state index is 0. The first-order chi connectivity index (χ1) is 6.97. The second-order valence-corrected chi connectivity index (χ2v) is 2.66. The van der Waals surface area contributed by atoms with Gasteiger partial charge >= 0.3 is 41.5 Å². The van der Waals surface area contributed by atoms with E-state index in [4.69, 9.17) is 5.11 Å². The van der Waals surface area contributed by atoms with E-state index >= 15 is 0 Å². The molecule has 1 N–H and O–H groups in total. The average Bonchev–Trinajstić information content (AvgIpc) is 2.15. The third kappa shape index (κ3) is 8.66. The van der Waals surface area contributed by atoms with E-state index in [0.29, 0.717) is 0 Å². The van der Waals surface area contributed by atoms with Crippen molar-refractivity contribution in [1.29, 1.82) is 0 Å². The van der Waals surface area contributed by atoms with Crippen molar-refractivity contribution in [3.63, 3.8) is 0 Å².